The van der Waals surface area contributed by atoms with Gasteiger partial charge < -0.3 is 9.55 Å². The number of halogens is 1. The van der Waals surface area contributed by atoms with E-state index in [2.05, 4.69) is 15.6 Å². The van der Waals surface area contributed by atoms with Crippen molar-refractivity contribution in [3.63, 3.8) is 0 Å². The summed E-state index contributed by atoms with van der Waals surface area (Å²) in [4.78, 5) is 3.29. The molecule has 4 heteroatoms. The van der Waals surface area contributed by atoms with Crippen LogP contribution in [0.2, 0.25) is 5.02 Å². The molecule has 102 valence electrons. The number of benzene rings is 1. The summed E-state index contributed by atoms with van der Waals surface area (Å²) in [6.45, 7) is 0. The summed E-state index contributed by atoms with van der Waals surface area (Å²) in [6, 6.07) is 6.54. The van der Waals surface area contributed by atoms with E-state index in [1.54, 1.807) is 0 Å². The number of imidazole rings is 1. The largest absolute Gasteiger partial charge is 0.331 e. The lowest BCUT2D eigenvalue weighted by Crippen LogP contribution is -2.11. The van der Waals surface area contributed by atoms with Gasteiger partial charge in [0.05, 0.1) is 11.0 Å². The second kappa shape index (κ2) is 5.68. The monoisotopic (exact) mass is 294 g/mol. The number of hydrogen-bond acceptors (Lipinski definition) is 1. The molecular weight excluding hydrogens is 276 g/mol. The highest BCUT2D eigenvalue weighted by Crippen LogP contribution is 2.30. The quantitative estimate of drug-likeness (QED) is 0.675. The Morgan fingerprint density at radius 1 is 1.11 bits per heavy atom. The number of nitrogens with zero attached hydrogens (tertiary/aromatic N) is 1. The maximum absolute atomic E-state index is 6.05. The zero-order valence-corrected chi connectivity index (χ0v) is 12.6. The Kier molecular flexibility index (Phi) is 3.94. The van der Waals surface area contributed by atoms with Crippen molar-refractivity contribution in [2.75, 3.05) is 0 Å². The van der Waals surface area contributed by atoms with Crippen LogP contribution in [0, 0.1) is 4.77 Å². The molecule has 1 aromatic carbocycles. The topological polar surface area (TPSA) is 20.7 Å². The van der Waals surface area contributed by atoms with Gasteiger partial charge in [0.1, 0.15) is 0 Å². The molecule has 1 heterocycles. The first-order chi connectivity index (χ1) is 9.25. The minimum Gasteiger partial charge on any atom is -0.331 e. The first-order valence-corrected chi connectivity index (χ1v) is 7.94. The van der Waals surface area contributed by atoms with Gasteiger partial charge in [-0.3, -0.25) is 0 Å². The average molecular weight is 295 g/mol. The van der Waals surface area contributed by atoms with Crippen molar-refractivity contribution in [3.05, 3.63) is 28.0 Å². The van der Waals surface area contributed by atoms with Crippen LogP contribution in [0.3, 0.4) is 0 Å². The van der Waals surface area contributed by atoms with Crippen molar-refractivity contribution in [2.24, 2.45) is 0 Å². The molecule has 0 amide bonds. The van der Waals surface area contributed by atoms with Crippen molar-refractivity contribution in [1.29, 1.82) is 0 Å². The number of aromatic amines is 1. The molecule has 1 fully saturated rings. The maximum atomic E-state index is 6.05. The van der Waals surface area contributed by atoms with Gasteiger partial charge >= 0.3 is 0 Å². The number of fused-ring (bicyclic) bond motifs is 1. The Morgan fingerprint density at radius 2 is 1.79 bits per heavy atom. The number of hydrogen-bond donors (Lipinski definition) is 1. The molecule has 1 aliphatic rings. The lowest BCUT2D eigenvalue weighted by molar-refractivity contribution is 0.376. The lowest BCUT2D eigenvalue weighted by Gasteiger charge is -2.22. The fourth-order valence-corrected chi connectivity index (χ4v) is 3.69. The summed E-state index contributed by atoms with van der Waals surface area (Å²) < 4.78 is 3.15. The summed E-state index contributed by atoms with van der Waals surface area (Å²) in [5, 5.41) is 0.758. The molecule has 0 bridgehead atoms. The van der Waals surface area contributed by atoms with Crippen LogP contribution in [0.5, 0.6) is 0 Å². The molecule has 2 aromatic rings. The van der Waals surface area contributed by atoms with Crippen LogP contribution >= 0.6 is 23.8 Å². The van der Waals surface area contributed by atoms with E-state index in [1.807, 2.05) is 12.1 Å². The van der Waals surface area contributed by atoms with Gasteiger partial charge in [0.15, 0.2) is 4.77 Å². The zero-order chi connectivity index (χ0) is 13.2. The fourth-order valence-electron chi connectivity index (χ4n) is 3.16. The Hall–Kier alpha value is -0.800. The standard InChI is InChI=1S/C15H19ClN2S/c16-11-8-9-14-13(10-11)17-15(19)18(14)12-6-4-2-1-3-5-7-12/h8-10,12H,1-7H2,(H,17,19). The number of H-pyrrole nitrogens is 1. The Balaban J connectivity index is 2.02. The molecule has 0 aliphatic heterocycles. The molecular formula is C15H19ClN2S. The van der Waals surface area contributed by atoms with E-state index < -0.39 is 0 Å². The minimum atomic E-state index is 0.544. The van der Waals surface area contributed by atoms with Crippen LogP contribution in [0.25, 0.3) is 11.0 Å². The van der Waals surface area contributed by atoms with Crippen LogP contribution in [0.4, 0.5) is 0 Å². The highest BCUT2D eigenvalue weighted by Gasteiger charge is 2.16. The summed E-state index contributed by atoms with van der Waals surface area (Å²) in [7, 11) is 0. The van der Waals surface area contributed by atoms with Crippen molar-refractivity contribution in [3.8, 4) is 0 Å². The molecule has 1 N–H and O–H groups in total. The highest BCUT2D eigenvalue weighted by molar-refractivity contribution is 7.71. The van der Waals surface area contributed by atoms with Gasteiger partial charge in [0.2, 0.25) is 0 Å². The second-order valence-electron chi connectivity index (χ2n) is 5.46. The summed E-state index contributed by atoms with van der Waals surface area (Å²) >= 11 is 11.6. The molecule has 1 aliphatic carbocycles. The van der Waals surface area contributed by atoms with Crippen molar-refractivity contribution in [2.45, 2.75) is 51.0 Å². The van der Waals surface area contributed by atoms with Crippen molar-refractivity contribution >= 4 is 34.9 Å². The van der Waals surface area contributed by atoms with Crippen LogP contribution in [-0.4, -0.2) is 9.55 Å². The summed E-state index contributed by atoms with van der Waals surface area (Å²) in [5.74, 6) is 0. The van der Waals surface area contributed by atoms with E-state index in [9.17, 15) is 0 Å². The molecule has 3 rings (SSSR count). The molecule has 0 spiro atoms. The third-order valence-corrected chi connectivity index (χ3v) is 4.65. The van der Waals surface area contributed by atoms with Gasteiger partial charge in [0, 0.05) is 11.1 Å². The maximum Gasteiger partial charge on any atom is 0.178 e. The van der Waals surface area contributed by atoms with Crippen molar-refractivity contribution < 1.29 is 0 Å². The molecule has 0 unspecified atom stereocenters. The van der Waals surface area contributed by atoms with Crippen molar-refractivity contribution in [1.82, 2.24) is 9.55 Å². The van der Waals surface area contributed by atoms with Gasteiger partial charge in [-0.25, -0.2) is 0 Å². The zero-order valence-electron chi connectivity index (χ0n) is 11.0. The molecule has 19 heavy (non-hydrogen) atoms. The smallest absolute Gasteiger partial charge is 0.178 e. The highest BCUT2D eigenvalue weighted by atomic mass is 35.5. The van der Waals surface area contributed by atoms with E-state index in [-0.39, 0.29) is 0 Å². The first kappa shape index (κ1) is 13.2. The molecule has 1 aromatic heterocycles. The first-order valence-electron chi connectivity index (χ1n) is 7.15. The van der Waals surface area contributed by atoms with Gasteiger partial charge in [-0.2, -0.15) is 0 Å². The van der Waals surface area contributed by atoms with Gasteiger partial charge in [-0.1, -0.05) is 43.7 Å². The van der Waals surface area contributed by atoms with E-state index >= 15 is 0 Å². The minimum absolute atomic E-state index is 0.544. The fraction of sp³-hybridized carbons (Fsp3) is 0.533. The number of nitrogens with one attached hydrogen (secondary N) is 1. The SMILES string of the molecule is S=c1[nH]c2cc(Cl)ccc2n1C1CCCCCCC1. The van der Waals surface area contributed by atoms with E-state index in [1.165, 1.54) is 50.5 Å². The van der Waals surface area contributed by atoms with Gasteiger partial charge in [-0.15, -0.1) is 0 Å². The van der Waals surface area contributed by atoms with E-state index in [0.29, 0.717) is 6.04 Å². The Labute approximate surface area is 123 Å². The van der Waals surface area contributed by atoms with Crippen LogP contribution in [-0.2, 0) is 0 Å². The van der Waals surface area contributed by atoms with E-state index in [0.717, 1.165) is 15.3 Å². The van der Waals surface area contributed by atoms with E-state index in [4.69, 9.17) is 23.8 Å². The van der Waals surface area contributed by atoms with Crippen LogP contribution in [0.15, 0.2) is 18.2 Å². The van der Waals surface area contributed by atoms with Crippen LogP contribution in [0.1, 0.15) is 51.0 Å². The molecule has 0 atom stereocenters. The number of rotatable bonds is 1. The number of aromatic nitrogens is 2. The van der Waals surface area contributed by atoms with Gasteiger partial charge in [0.25, 0.3) is 0 Å². The normalized spacial score (nSPS) is 18.4. The third kappa shape index (κ3) is 2.72. The molecule has 2 nitrogen and oxygen atoms in total. The average Bonchev–Trinajstić information content (AvgIpc) is 2.64. The Bertz CT molecular complexity index is 621. The summed E-state index contributed by atoms with van der Waals surface area (Å²) in [5.41, 5.74) is 2.25. The van der Waals surface area contributed by atoms with Crippen LogP contribution < -0.4 is 0 Å². The lowest BCUT2D eigenvalue weighted by atomic mass is 9.96. The second-order valence-corrected chi connectivity index (χ2v) is 6.28. The molecule has 1 saturated carbocycles. The predicted octanol–water partition coefficient (Wildman–Crippen LogP) is 5.64. The Morgan fingerprint density at radius 3 is 2.53 bits per heavy atom. The third-order valence-electron chi connectivity index (χ3n) is 4.12. The summed E-state index contributed by atoms with van der Waals surface area (Å²) in [6.07, 6.45) is 9.21. The van der Waals surface area contributed by atoms with Gasteiger partial charge in [-0.05, 0) is 43.3 Å². The molecule has 0 radical (unpaired) electrons. The predicted molar refractivity (Wildman–Crippen MR) is 83.5 cm³/mol. The molecule has 0 saturated heterocycles.